The summed E-state index contributed by atoms with van der Waals surface area (Å²) >= 11 is 0. The minimum atomic E-state index is 0. The van der Waals surface area contributed by atoms with Crippen molar-refractivity contribution in [2.75, 3.05) is 53.0 Å². The van der Waals surface area contributed by atoms with E-state index in [1.165, 1.54) is 5.56 Å². The molecule has 0 atom stereocenters. The van der Waals surface area contributed by atoms with E-state index in [0.29, 0.717) is 0 Å². The lowest BCUT2D eigenvalue weighted by molar-refractivity contribution is 0.0389. The van der Waals surface area contributed by atoms with Gasteiger partial charge in [-0.15, -0.1) is 24.0 Å². The Balaban J connectivity index is 0.00000261. The van der Waals surface area contributed by atoms with Gasteiger partial charge in [-0.2, -0.15) is 5.10 Å². The van der Waals surface area contributed by atoms with Crippen molar-refractivity contribution in [1.29, 1.82) is 0 Å². The molecule has 0 bridgehead atoms. The van der Waals surface area contributed by atoms with E-state index >= 15 is 0 Å². The first-order chi connectivity index (χ1) is 12.8. The average Bonchev–Trinajstić information content (AvgIpc) is 3.17. The van der Waals surface area contributed by atoms with Gasteiger partial charge >= 0.3 is 0 Å². The first-order valence-corrected chi connectivity index (χ1v) is 9.19. The molecule has 1 aliphatic heterocycles. The predicted molar refractivity (Wildman–Crippen MR) is 119 cm³/mol. The molecule has 0 radical (unpaired) electrons. The molecule has 1 saturated heterocycles. The maximum Gasteiger partial charge on any atom is 0.191 e. The van der Waals surface area contributed by atoms with Crippen molar-refractivity contribution in [3.8, 4) is 5.69 Å². The zero-order valence-corrected chi connectivity index (χ0v) is 18.1. The average molecular weight is 484 g/mol. The van der Waals surface area contributed by atoms with Crippen LogP contribution >= 0.6 is 24.0 Å². The molecule has 1 fully saturated rings. The van der Waals surface area contributed by atoms with Gasteiger partial charge in [0.1, 0.15) is 0 Å². The first-order valence-electron chi connectivity index (χ1n) is 9.19. The summed E-state index contributed by atoms with van der Waals surface area (Å²) in [5.41, 5.74) is 2.28. The van der Waals surface area contributed by atoms with Crippen molar-refractivity contribution in [3.05, 3.63) is 48.3 Å². The summed E-state index contributed by atoms with van der Waals surface area (Å²) in [6, 6.07) is 10.1. The SMILES string of the molecule is CN=C(NCCc1cnn(-c2ccccc2)c1)NCCN1CCOCC1.I. The summed E-state index contributed by atoms with van der Waals surface area (Å²) in [6.45, 7) is 6.41. The van der Waals surface area contributed by atoms with Crippen LogP contribution in [0.5, 0.6) is 0 Å². The van der Waals surface area contributed by atoms with Crippen LogP contribution in [0.25, 0.3) is 5.69 Å². The second kappa shape index (κ2) is 11.9. The van der Waals surface area contributed by atoms with Crippen LogP contribution in [0.3, 0.4) is 0 Å². The van der Waals surface area contributed by atoms with E-state index in [-0.39, 0.29) is 24.0 Å². The van der Waals surface area contributed by atoms with Crippen molar-refractivity contribution >= 4 is 29.9 Å². The van der Waals surface area contributed by atoms with E-state index in [9.17, 15) is 0 Å². The number of nitrogens with one attached hydrogen (secondary N) is 2. The molecule has 0 spiro atoms. The highest BCUT2D eigenvalue weighted by Gasteiger charge is 2.09. The number of para-hydroxylation sites is 1. The summed E-state index contributed by atoms with van der Waals surface area (Å²) in [5.74, 6) is 0.841. The maximum atomic E-state index is 5.37. The number of rotatable bonds is 7. The number of hydrogen-bond donors (Lipinski definition) is 2. The van der Waals surface area contributed by atoms with E-state index in [1.54, 1.807) is 7.05 Å². The van der Waals surface area contributed by atoms with Gasteiger partial charge in [-0.3, -0.25) is 9.89 Å². The Hall–Kier alpha value is -1.65. The van der Waals surface area contributed by atoms with E-state index in [4.69, 9.17) is 4.74 Å². The Kier molecular flexibility index (Phi) is 9.57. The summed E-state index contributed by atoms with van der Waals surface area (Å²) in [6.07, 6.45) is 4.89. The Morgan fingerprint density at radius 1 is 1.15 bits per heavy atom. The van der Waals surface area contributed by atoms with Crippen LogP contribution in [0.15, 0.2) is 47.7 Å². The van der Waals surface area contributed by atoms with Gasteiger partial charge < -0.3 is 15.4 Å². The Labute approximate surface area is 178 Å². The largest absolute Gasteiger partial charge is 0.379 e. The molecular weight excluding hydrogens is 455 g/mol. The summed E-state index contributed by atoms with van der Waals surface area (Å²) < 4.78 is 7.28. The Bertz CT molecular complexity index is 685. The number of morpholine rings is 1. The zero-order valence-electron chi connectivity index (χ0n) is 15.8. The van der Waals surface area contributed by atoms with Gasteiger partial charge in [0.2, 0.25) is 0 Å². The molecule has 7 nitrogen and oxygen atoms in total. The molecular formula is C19H29IN6O. The monoisotopic (exact) mass is 484 g/mol. The molecule has 3 rings (SSSR count). The maximum absolute atomic E-state index is 5.37. The second-order valence-electron chi connectivity index (χ2n) is 6.26. The van der Waals surface area contributed by atoms with Gasteiger partial charge in [-0.05, 0) is 24.1 Å². The number of ether oxygens (including phenoxy) is 1. The lowest BCUT2D eigenvalue weighted by atomic mass is 10.2. The highest BCUT2D eigenvalue weighted by Crippen LogP contribution is 2.07. The number of halogens is 1. The number of hydrogen-bond acceptors (Lipinski definition) is 4. The van der Waals surface area contributed by atoms with E-state index in [0.717, 1.165) is 64.0 Å². The van der Waals surface area contributed by atoms with Crippen LogP contribution in [0.1, 0.15) is 5.56 Å². The molecule has 1 aromatic carbocycles. The molecule has 8 heteroatoms. The van der Waals surface area contributed by atoms with E-state index in [1.807, 2.05) is 29.1 Å². The summed E-state index contributed by atoms with van der Waals surface area (Å²) in [5, 5.41) is 11.2. The Morgan fingerprint density at radius 2 is 1.89 bits per heavy atom. The van der Waals surface area contributed by atoms with Crippen LogP contribution in [0, 0.1) is 0 Å². The number of nitrogens with zero attached hydrogens (tertiary/aromatic N) is 4. The van der Waals surface area contributed by atoms with Gasteiger partial charge in [0.15, 0.2) is 5.96 Å². The molecule has 2 heterocycles. The van der Waals surface area contributed by atoms with Gasteiger partial charge in [-0.25, -0.2) is 4.68 Å². The quantitative estimate of drug-likeness (QED) is 0.355. The number of benzene rings is 1. The molecule has 0 aliphatic carbocycles. The van der Waals surface area contributed by atoms with Crippen molar-refractivity contribution in [3.63, 3.8) is 0 Å². The van der Waals surface area contributed by atoms with Crippen LogP contribution in [-0.2, 0) is 11.2 Å². The number of aromatic nitrogens is 2. The lowest BCUT2D eigenvalue weighted by Crippen LogP contribution is -2.44. The van der Waals surface area contributed by atoms with Gasteiger partial charge in [0.25, 0.3) is 0 Å². The molecule has 0 saturated carbocycles. The standard InChI is InChI=1S/C19H28N6O.HI/c1-20-19(22-9-10-24-11-13-26-14-12-24)21-8-7-17-15-23-25(16-17)18-5-3-2-4-6-18;/h2-6,15-16H,7-14H2,1H3,(H2,20,21,22);1H. The Morgan fingerprint density at radius 3 is 2.63 bits per heavy atom. The molecule has 1 aliphatic rings. The van der Waals surface area contributed by atoms with Crippen molar-refractivity contribution < 1.29 is 4.74 Å². The number of guanidine groups is 1. The highest BCUT2D eigenvalue weighted by atomic mass is 127. The molecule has 2 aromatic rings. The van der Waals surface area contributed by atoms with Gasteiger partial charge in [-0.1, -0.05) is 18.2 Å². The highest BCUT2D eigenvalue weighted by molar-refractivity contribution is 14.0. The number of aliphatic imine (C=N–C) groups is 1. The molecule has 2 N–H and O–H groups in total. The third kappa shape index (κ3) is 7.11. The first kappa shape index (κ1) is 21.6. The van der Waals surface area contributed by atoms with Gasteiger partial charge in [0, 0.05) is 46.0 Å². The fourth-order valence-corrected chi connectivity index (χ4v) is 2.91. The molecule has 1 aromatic heterocycles. The lowest BCUT2D eigenvalue weighted by Gasteiger charge is -2.26. The second-order valence-corrected chi connectivity index (χ2v) is 6.26. The van der Waals surface area contributed by atoms with Crippen LogP contribution in [0.2, 0.25) is 0 Å². The van der Waals surface area contributed by atoms with Gasteiger partial charge in [0.05, 0.1) is 25.1 Å². The molecule has 0 amide bonds. The third-order valence-electron chi connectivity index (χ3n) is 4.41. The fourth-order valence-electron chi connectivity index (χ4n) is 2.91. The predicted octanol–water partition coefficient (Wildman–Crippen LogP) is 1.53. The zero-order chi connectivity index (χ0) is 18.0. The van der Waals surface area contributed by atoms with Crippen LogP contribution in [-0.4, -0.2) is 73.6 Å². The molecule has 148 valence electrons. The minimum Gasteiger partial charge on any atom is -0.379 e. The fraction of sp³-hybridized carbons (Fsp3) is 0.474. The van der Waals surface area contributed by atoms with E-state index in [2.05, 4.69) is 44.0 Å². The minimum absolute atomic E-state index is 0. The topological polar surface area (TPSA) is 66.7 Å². The van der Waals surface area contributed by atoms with Crippen molar-refractivity contribution in [2.45, 2.75) is 6.42 Å². The summed E-state index contributed by atoms with van der Waals surface area (Å²) in [4.78, 5) is 6.69. The smallest absolute Gasteiger partial charge is 0.191 e. The normalized spacial score (nSPS) is 15.2. The van der Waals surface area contributed by atoms with Crippen molar-refractivity contribution in [1.82, 2.24) is 25.3 Å². The third-order valence-corrected chi connectivity index (χ3v) is 4.41. The molecule has 0 unspecified atom stereocenters. The molecule has 27 heavy (non-hydrogen) atoms. The van der Waals surface area contributed by atoms with E-state index < -0.39 is 0 Å². The van der Waals surface area contributed by atoms with Crippen LogP contribution < -0.4 is 10.6 Å². The van der Waals surface area contributed by atoms with Crippen LogP contribution in [0.4, 0.5) is 0 Å². The summed E-state index contributed by atoms with van der Waals surface area (Å²) in [7, 11) is 1.80. The van der Waals surface area contributed by atoms with Crippen molar-refractivity contribution in [2.24, 2.45) is 4.99 Å².